The summed E-state index contributed by atoms with van der Waals surface area (Å²) in [5, 5.41) is 10.2. The minimum atomic E-state index is -0.383. The van der Waals surface area contributed by atoms with Gasteiger partial charge in [-0.05, 0) is 71.4 Å². The highest BCUT2D eigenvalue weighted by Gasteiger charge is 2.19. The predicted octanol–water partition coefficient (Wildman–Crippen LogP) is 6.76. The average molecular weight is 504 g/mol. The standard InChI is InChI=1S/C25H16BrClN4O/c26-19-8-13-22(14-9-19)31-24(17-5-10-20(27)11-6-17)29-23(30-31)25(32)28-21-12-7-16-3-1-2-4-18(16)15-21/h1-15H,(H,28,32). The van der Waals surface area contributed by atoms with Crippen LogP contribution in [0.25, 0.3) is 27.8 Å². The second-order valence-electron chi connectivity index (χ2n) is 7.17. The molecule has 32 heavy (non-hydrogen) atoms. The van der Waals surface area contributed by atoms with Crippen molar-refractivity contribution in [2.45, 2.75) is 0 Å². The maximum Gasteiger partial charge on any atom is 0.295 e. The summed E-state index contributed by atoms with van der Waals surface area (Å²) in [6, 6.07) is 28.7. The highest BCUT2D eigenvalue weighted by molar-refractivity contribution is 9.10. The van der Waals surface area contributed by atoms with Gasteiger partial charge in [0.25, 0.3) is 5.91 Å². The van der Waals surface area contributed by atoms with Crippen LogP contribution in [0.3, 0.4) is 0 Å². The van der Waals surface area contributed by atoms with Gasteiger partial charge >= 0.3 is 0 Å². The Balaban J connectivity index is 1.52. The largest absolute Gasteiger partial charge is 0.319 e. The van der Waals surface area contributed by atoms with E-state index in [-0.39, 0.29) is 11.7 Å². The minimum absolute atomic E-state index is 0.0750. The Hall–Kier alpha value is -3.48. The van der Waals surface area contributed by atoms with Crippen LogP contribution < -0.4 is 5.32 Å². The Labute approximate surface area is 197 Å². The molecule has 1 N–H and O–H groups in total. The zero-order chi connectivity index (χ0) is 22.1. The average Bonchev–Trinajstić information content (AvgIpc) is 3.26. The molecule has 0 saturated carbocycles. The SMILES string of the molecule is O=C(Nc1ccc2ccccc2c1)c1nc(-c2ccc(Cl)cc2)n(-c2ccc(Br)cc2)n1. The topological polar surface area (TPSA) is 59.8 Å². The number of nitrogens with zero attached hydrogens (tertiary/aromatic N) is 3. The maximum atomic E-state index is 13.0. The van der Waals surface area contributed by atoms with Crippen LogP contribution in [-0.4, -0.2) is 20.7 Å². The molecule has 0 unspecified atom stereocenters. The third kappa shape index (κ3) is 4.15. The molecule has 156 valence electrons. The van der Waals surface area contributed by atoms with Gasteiger partial charge in [0, 0.05) is 20.7 Å². The number of hydrogen-bond acceptors (Lipinski definition) is 3. The van der Waals surface area contributed by atoms with Gasteiger partial charge in [-0.25, -0.2) is 9.67 Å². The maximum absolute atomic E-state index is 13.0. The van der Waals surface area contributed by atoms with Gasteiger partial charge in [-0.2, -0.15) is 0 Å². The molecule has 0 saturated heterocycles. The van der Waals surface area contributed by atoms with Crippen molar-refractivity contribution in [3.05, 3.63) is 106 Å². The Kier molecular flexibility index (Phi) is 5.47. The zero-order valence-corrected chi connectivity index (χ0v) is 19.0. The van der Waals surface area contributed by atoms with Gasteiger partial charge in [0.2, 0.25) is 5.82 Å². The van der Waals surface area contributed by atoms with Crippen molar-refractivity contribution in [1.82, 2.24) is 14.8 Å². The number of nitrogens with one attached hydrogen (secondary N) is 1. The first kappa shape index (κ1) is 20.4. The number of carbonyl (C=O) groups excluding carboxylic acids is 1. The first-order chi connectivity index (χ1) is 15.6. The van der Waals surface area contributed by atoms with Crippen molar-refractivity contribution >= 4 is 49.9 Å². The molecule has 0 radical (unpaired) electrons. The van der Waals surface area contributed by atoms with Crippen molar-refractivity contribution in [1.29, 1.82) is 0 Å². The van der Waals surface area contributed by atoms with Gasteiger partial charge in [0.05, 0.1) is 5.69 Å². The third-order valence-corrected chi connectivity index (χ3v) is 5.77. The first-order valence-electron chi connectivity index (χ1n) is 9.86. The molecule has 5 rings (SSSR count). The lowest BCUT2D eigenvalue weighted by Gasteiger charge is -2.06. The summed E-state index contributed by atoms with van der Waals surface area (Å²) in [6.07, 6.45) is 0. The lowest BCUT2D eigenvalue weighted by atomic mass is 10.1. The number of carbonyl (C=O) groups is 1. The summed E-state index contributed by atoms with van der Waals surface area (Å²) in [7, 11) is 0. The highest BCUT2D eigenvalue weighted by atomic mass is 79.9. The van der Waals surface area contributed by atoms with Crippen molar-refractivity contribution in [3.63, 3.8) is 0 Å². The first-order valence-corrected chi connectivity index (χ1v) is 11.0. The molecule has 1 amide bonds. The zero-order valence-electron chi connectivity index (χ0n) is 16.7. The van der Waals surface area contributed by atoms with E-state index >= 15 is 0 Å². The molecule has 0 aliphatic rings. The number of aromatic nitrogens is 3. The summed E-state index contributed by atoms with van der Waals surface area (Å²) in [4.78, 5) is 17.6. The number of amides is 1. The van der Waals surface area contributed by atoms with Gasteiger partial charge in [-0.1, -0.05) is 57.9 Å². The monoisotopic (exact) mass is 502 g/mol. The van der Waals surface area contributed by atoms with E-state index in [1.165, 1.54) is 0 Å². The van der Waals surface area contributed by atoms with E-state index in [1.807, 2.05) is 78.9 Å². The van der Waals surface area contributed by atoms with E-state index in [2.05, 4.69) is 31.3 Å². The number of benzene rings is 4. The van der Waals surface area contributed by atoms with E-state index in [4.69, 9.17) is 11.6 Å². The fourth-order valence-electron chi connectivity index (χ4n) is 3.41. The number of halogens is 2. The van der Waals surface area contributed by atoms with Crippen molar-refractivity contribution in [2.24, 2.45) is 0 Å². The van der Waals surface area contributed by atoms with E-state index in [0.717, 1.165) is 26.5 Å². The van der Waals surface area contributed by atoms with Crippen molar-refractivity contribution in [3.8, 4) is 17.1 Å². The summed E-state index contributed by atoms with van der Waals surface area (Å²) < 4.78 is 2.61. The predicted molar refractivity (Wildman–Crippen MR) is 131 cm³/mol. The molecule has 1 aromatic heterocycles. The summed E-state index contributed by atoms with van der Waals surface area (Å²) in [6.45, 7) is 0. The van der Waals surface area contributed by atoms with Gasteiger partial charge in [0.15, 0.2) is 5.82 Å². The number of rotatable bonds is 4. The quantitative estimate of drug-likeness (QED) is 0.295. The second kappa shape index (κ2) is 8.57. The van der Waals surface area contributed by atoms with Gasteiger partial charge in [-0.3, -0.25) is 4.79 Å². The van der Waals surface area contributed by atoms with Gasteiger partial charge in [-0.15, -0.1) is 5.10 Å². The van der Waals surface area contributed by atoms with E-state index in [0.29, 0.717) is 16.5 Å². The molecule has 0 atom stereocenters. The van der Waals surface area contributed by atoms with Crippen LogP contribution in [0.4, 0.5) is 5.69 Å². The smallest absolute Gasteiger partial charge is 0.295 e. The molecule has 5 aromatic rings. The fourth-order valence-corrected chi connectivity index (χ4v) is 3.80. The molecular weight excluding hydrogens is 488 g/mol. The molecule has 0 aliphatic heterocycles. The molecule has 7 heteroatoms. The van der Waals surface area contributed by atoms with Crippen LogP contribution in [0.5, 0.6) is 0 Å². The van der Waals surface area contributed by atoms with E-state index in [9.17, 15) is 4.79 Å². The molecule has 4 aromatic carbocycles. The van der Waals surface area contributed by atoms with Crippen molar-refractivity contribution in [2.75, 3.05) is 5.32 Å². The number of hydrogen-bond donors (Lipinski definition) is 1. The summed E-state index contributed by atoms with van der Waals surface area (Å²) >= 11 is 9.50. The van der Waals surface area contributed by atoms with Crippen LogP contribution in [0.15, 0.2) is 95.5 Å². The van der Waals surface area contributed by atoms with Gasteiger partial charge in [0.1, 0.15) is 0 Å². The Morgan fingerprint density at radius 2 is 1.59 bits per heavy atom. The molecule has 5 nitrogen and oxygen atoms in total. The summed E-state index contributed by atoms with van der Waals surface area (Å²) in [5.41, 5.74) is 2.27. The van der Waals surface area contributed by atoms with Crippen LogP contribution in [-0.2, 0) is 0 Å². The van der Waals surface area contributed by atoms with Crippen LogP contribution in [0.2, 0.25) is 5.02 Å². The Morgan fingerprint density at radius 1 is 0.875 bits per heavy atom. The second-order valence-corrected chi connectivity index (χ2v) is 8.52. The normalized spacial score (nSPS) is 10.9. The lowest BCUT2D eigenvalue weighted by molar-refractivity contribution is 0.101. The summed E-state index contributed by atoms with van der Waals surface area (Å²) in [5.74, 6) is 0.241. The Morgan fingerprint density at radius 3 is 2.34 bits per heavy atom. The molecule has 1 heterocycles. The minimum Gasteiger partial charge on any atom is -0.319 e. The van der Waals surface area contributed by atoms with Crippen LogP contribution >= 0.6 is 27.5 Å². The van der Waals surface area contributed by atoms with E-state index < -0.39 is 0 Å². The molecule has 0 spiro atoms. The fraction of sp³-hybridized carbons (Fsp3) is 0. The third-order valence-electron chi connectivity index (χ3n) is 4.99. The highest BCUT2D eigenvalue weighted by Crippen LogP contribution is 2.25. The number of fused-ring (bicyclic) bond motifs is 1. The van der Waals surface area contributed by atoms with E-state index in [1.54, 1.807) is 16.8 Å². The van der Waals surface area contributed by atoms with Crippen LogP contribution in [0.1, 0.15) is 10.6 Å². The van der Waals surface area contributed by atoms with Gasteiger partial charge < -0.3 is 5.32 Å². The molecule has 0 fully saturated rings. The molecule has 0 aliphatic carbocycles. The van der Waals surface area contributed by atoms with Crippen molar-refractivity contribution < 1.29 is 4.79 Å². The molecular formula is C25H16BrClN4O. The Bertz CT molecular complexity index is 1370. The molecule has 0 bridgehead atoms. The number of anilines is 1. The van der Waals surface area contributed by atoms with Crippen LogP contribution in [0, 0.1) is 0 Å². The lowest BCUT2D eigenvalue weighted by Crippen LogP contribution is -2.14.